The highest BCUT2D eigenvalue weighted by Crippen LogP contribution is 2.22. The normalized spacial score (nSPS) is 15.4. The van der Waals surface area contributed by atoms with Crippen LogP contribution in [-0.4, -0.2) is 13.1 Å². The van der Waals surface area contributed by atoms with Crippen LogP contribution in [0.1, 0.15) is 30.8 Å². The Morgan fingerprint density at radius 1 is 1.16 bits per heavy atom. The quantitative estimate of drug-likeness (QED) is 0.755. The van der Waals surface area contributed by atoms with Gasteiger partial charge in [0.25, 0.3) is 0 Å². The third-order valence-electron chi connectivity index (χ3n) is 3.15. The van der Waals surface area contributed by atoms with Crippen LogP contribution in [0.5, 0.6) is 0 Å². The molecule has 0 N–H and O–H groups in total. The Labute approximate surface area is 123 Å². The highest BCUT2D eigenvalue weighted by molar-refractivity contribution is 6.89. The fourth-order valence-corrected chi connectivity index (χ4v) is 3.67. The van der Waals surface area contributed by atoms with Crippen molar-refractivity contribution in [3.63, 3.8) is 0 Å². The van der Waals surface area contributed by atoms with Gasteiger partial charge in [0.15, 0.2) is 0 Å². The third-order valence-corrected chi connectivity index (χ3v) is 5.16. The topological polar surface area (TPSA) is 12.9 Å². The summed E-state index contributed by atoms with van der Waals surface area (Å²) in [6, 6.07) is 5.02. The van der Waals surface area contributed by atoms with E-state index >= 15 is 0 Å². The summed E-state index contributed by atoms with van der Waals surface area (Å²) >= 11 is 0. The maximum absolute atomic E-state index is 8.46. The van der Waals surface area contributed by atoms with Crippen molar-refractivity contribution in [2.45, 2.75) is 39.4 Å². The van der Waals surface area contributed by atoms with Gasteiger partial charge < -0.3 is 0 Å². The Morgan fingerprint density at radius 3 is 2.32 bits per heavy atom. The van der Waals surface area contributed by atoms with Gasteiger partial charge in [0.2, 0.25) is 0 Å². The van der Waals surface area contributed by atoms with Crippen molar-refractivity contribution < 1.29 is 5.48 Å². The van der Waals surface area contributed by atoms with Gasteiger partial charge in [-0.05, 0) is 22.7 Å². The van der Waals surface area contributed by atoms with Gasteiger partial charge in [0.05, 0.1) is 17.9 Å². The molecule has 0 fully saturated rings. The number of rotatable bonds is 3. The lowest BCUT2D eigenvalue weighted by Crippen LogP contribution is -2.40. The second-order valence-corrected chi connectivity index (χ2v) is 11.1. The van der Waals surface area contributed by atoms with E-state index in [0.29, 0.717) is 11.3 Å². The summed E-state index contributed by atoms with van der Waals surface area (Å²) in [6.45, 7) is 10.4. The molecule has 1 aromatic carbocycles. The lowest BCUT2D eigenvalue weighted by molar-refractivity contribution is 0.870. The number of hydrogen-bond donors (Lipinski definition) is 0. The molecule has 2 aromatic rings. The van der Waals surface area contributed by atoms with E-state index in [0.717, 1.165) is 10.8 Å². The minimum Gasteiger partial charge on any atom is -0.256 e. The van der Waals surface area contributed by atoms with E-state index < -0.39 is 14.0 Å². The molecule has 2 rings (SSSR count). The van der Waals surface area contributed by atoms with Gasteiger partial charge >= 0.3 is 0 Å². The number of benzene rings is 1. The summed E-state index contributed by atoms with van der Waals surface area (Å²) in [5.74, 6) is -0.740. The predicted molar refractivity (Wildman–Crippen MR) is 86.7 cm³/mol. The Morgan fingerprint density at radius 2 is 1.79 bits per heavy atom. The summed E-state index contributed by atoms with van der Waals surface area (Å²) in [6.07, 6.45) is 1.86. The number of nitrogens with zero attached hydrogens (tertiary/aromatic N) is 1. The first-order valence-electron chi connectivity index (χ1n) is 8.50. The maximum Gasteiger partial charge on any atom is 0.0799 e. The van der Waals surface area contributed by atoms with Crippen LogP contribution in [0.3, 0.4) is 0 Å². The summed E-state index contributed by atoms with van der Waals surface area (Å²) in [5, 5.41) is 1.16. The fourth-order valence-electron chi connectivity index (χ4n) is 2.08. The third kappa shape index (κ3) is 3.13. The molecular formula is C17H23NSi. The first-order chi connectivity index (χ1) is 10.4. The van der Waals surface area contributed by atoms with Crippen molar-refractivity contribution >= 4 is 13.3 Å². The molecule has 0 aliphatic heterocycles. The van der Waals surface area contributed by atoms with Gasteiger partial charge in [-0.3, -0.25) is 4.98 Å². The molecule has 1 aromatic heterocycles. The largest absolute Gasteiger partial charge is 0.256 e. The molecule has 0 bridgehead atoms. The summed E-state index contributed by atoms with van der Waals surface area (Å²) in [7, 11) is -1.63. The molecule has 1 heterocycles. The van der Waals surface area contributed by atoms with Crippen molar-refractivity contribution in [3.8, 4) is 11.3 Å². The molecule has 100 valence electrons. The van der Waals surface area contributed by atoms with E-state index in [4.69, 9.17) is 5.48 Å². The molecule has 0 aliphatic carbocycles. The van der Waals surface area contributed by atoms with E-state index in [2.05, 4.69) is 24.6 Å². The average molecular weight is 273 g/mol. The zero-order valence-electron chi connectivity index (χ0n) is 16.3. The molecule has 1 nitrogen and oxygen atoms in total. The minimum atomic E-state index is -1.63. The van der Waals surface area contributed by atoms with Crippen LogP contribution in [0.4, 0.5) is 0 Å². The van der Waals surface area contributed by atoms with Gasteiger partial charge in [0, 0.05) is 13.1 Å². The van der Waals surface area contributed by atoms with E-state index in [1.54, 1.807) is 12.1 Å². The smallest absolute Gasteiger partial charge is 0.0799 e. The van der Waals surface area contributed by atoms with E-state index in [9.17, 15) is 0 Å². The van der Waals surface area contributed by atoms with Gasteiger partial charge in [-0.25, -0.2) is 0 Å². The molecule has 19 heavy (non-hydrogen) atoms. The van der Waals surface area contributed by atoms with Crippen molar-refractivity contribution in [2.75, 3.05) is 0 Å². The molecule has 0 saturated heterocycles. The Hall–Kier alpha value is -1.41. The highest BCUT2D eigenvalue weighted by atomic mass is 28.3. The standard InChI is InChI=1S/C17H23NSi/c1-13(2)15-11-16(14-9-7-6-8-10-14)18-12-17(15)19(3,4)5/h6-13H,1-5H3/i6D,7D,8D,13D. The maximum atomic E-state index is 8.46. The molecule has 0 spiro atoms. The van der Waals surface area contributed by atoms with Crippen LogP contribution in [0.2, 0.25) is 19.6 Å². The first-order valence-corrected chi connectivity index (χ1v) is 10.0. The molecule has 0 saturated carbocycles. The van der Waals surface area contributed by atoms with Crippen LogP contribution < -0.4 is 5.19 Å². The Kier molecular flexibility index (Phi) is 2.64. The van der Waals surface area contributed by atoms with Gasteiger partial charge in [-0.2, -0.15) is 0 Å². The molecule has 0 aliphatic rings. The second-order valence-electron chi connectivity index (χ2n) is 6.02. The van der Waals surface area contributed by atoms with Crippen molar-refractivity contribution in [2.24, 2.45) is 0 Å². The lowest BCUT2D eigenvalue weighted by Gasteiger charge is -2.23. The van der Waals surface area contributed by atoms with Crippen LogP contribution in [0.25, 0.3) is 11.3 Å². The number of aromatic nitrogens is 1. The molecule has 0 unspecified atom stereocenters. The number of pyridine rings is 1. The summed E-state index contributed by atoms with van der Waals surface area (Å²) in [4.78, 5) is 4.52. The molecular weight excluding hydrogens is 246 g/mol. The molecule has 0 amide bonds. The van der Waals surface area contributed by atoms with Crippen molar-refractivity contribution in [3.05, 3.63) is 48.1 Å². The van der Waals surface area contributed by atoms with Crippen LogP contribution in [0, 0.1) is 0 Å². The Balaban J connectivity index is 2.67. The van der Waals surface area contributed by atoms with Crippen LogP contribution in [-0.2, 0) is 0 Å². The van der Waals surface area contributed by atoms with E-state index in [1.165, 1.54) is 0 Å². The second kappa shape index (κ2) is 5.30. The minimum absolute atomic E-state index is 0.0234. The van der Waals surface area contributed by atoms with Gasteiger partial charge in [-0.15, -0.1) is 0 Å². The first kappa shape index (κ1) is 9.48. The molecule has 2 heteroatoms. The summed E-state index contributed by atoms with van der Waals surface area (Å²) < 4.78 is 31.7. The number of hydrogen-bond acceptors (Lipinski definition) is 1. The fraction of sp³-hybridized carbons (Fsp3) is 0.353. The SMILES string of the molecule is [2H]c1cc(-c2cc(C([2H])(C)C)c([Si](C)(C)C)cn2)cc([2H])c1[2H]. The monoisotopic (exact) mass is 273 g/mol. The zero-order valence-corrected chi connectivity index (χ0v) is 13.3. The van der Waals surface area contributed by atoms with Crippen LogP contribution in [0.15, 0.2) is 42.5 Å². The van der Waals surface area contributed by atoms with Crippen molar-refractivity contribution in [1.29, 1.82) is 0 Å². The van der Waals surface area contributed by atoms with E-state index in [-0.39, 0.29) is 18.1 Å². The average Bonchev–Trinajstić information content (AvgIpc) is 2.41. The van der Waals surface area contributed by atoms with E-state index in [1.807, 2.05) is 26.1 Å². The van der Waals surface area contributed by atoms with Gasteiger partial charge in [0.1, 0.15) is 0 Å². The van der Waals surface area contributed by atoms with Crippen molar-refractivity contribution in [1.82, 2.24) is 4.98 Å². The lowest BCUT2D eigenvalue weighted by atomic mass is 10.0. The molecule has 0 radical (unpaired) electrons. The summed E-state index contributed by atoms with van der Waals surface area (Å²) in [5.41, 5.74) is 2.27. The van der Waals surface area contributed by atoms with Gasteiger partial charge in [-0.1, -0.05) is 63.7 Å². The van der Waals surface area contributed by atoms with Crippen LogP contribution >= 0.6 is 0 Å². The highest BCUT2D eigenvalue weighted by Gasteiger charge is 2.22. The Bertz CT molecular complexity index is 722. The molecule has 0 atom stereocenters. The predicted octanol–water partition coefficient (Wildman–Crippen LogP) is 4.42. The zero-order chi connectivity index (χ0) is 17.6.